The molecule has 1 aromatic rings. The summed E-state index contributed by atoms with van der Waals surface area (Å²) >= 11 is 6.91. The fourth-order valence-electron chi connectivity index (χ4n) is 2.87. The van der Waals surface area contributed by atoms with Gasteiger partial charge < -0.3 is 15.8 Å². The van der Waals surface area contributed by atoms with Crippen molar-refractivity contribution in [1.82, 2.24) is 0 Å². The number of hydrogen-bond acceptors (Lipinski definition) is 4. The van der Waals surface area contributed by atoms with Crippen LogP contribution in [0.15, 0.2) is 41.3 Å². The van der Waals surface area contributed by atoms with Crippen LogP contribution in [0.2, 0.25) is 0 Å². The van der Waals surface area contributed by atoms with Crippen LogP contribution in [0.1, 0.15) is 24.8 Å². The number of amides is 1. The molecule has 27 heavy (non-hydrogen) atoms. The first-order valence-corrected chi connectivity index (χ1v) is 11.8. The molecular weight excluding hydrogens is 496 g/mol. The predicted octanol–water partition coefficient (Wildman–Crippen LogP) is 3.75. The third kappa shape index (κ3) is 5.53. The lowest BCUT2D eigenvalue weighted by Gasteiger charge is -2.26. The van der Waals surface area contributed by atoms with Crippen LogP contribution in [0.4, 0.5) is 5.69 Å². The van der Waals surface area contributed by atoms with Crippen LogP contribution in [-0.4, -0.2) is 31.8 Å². The Morgan fingerprint density at radius 3 is 2.93 bits per heavy atom. The minimum Gasteiger partial charge on any atom is -0.494 e. The molecule has 1 heterocycles. The molecule has 1 aliphatic carbocycles. The number of carbonyl (C=O) groups is 1. The second-order valence-corrected chi connectivity index (χ2v) is 10.5. The maximum absolute atomic E-state index is 12.4. The van der Waals surface area contributed by atoms with Crippen LogP contribution in [0.25, 0.3) is 0 Å². The zero-order valence-corrected chi connectivity index (χ0v) is 18.7. The Bertz CT molecular complexity index is 808. The molecule has 0 aromatic heterocycles. The molecule has 3 rings (SSSR count). The first-order chi connectivity index (χ1) is 12.8. The minimum absolute atomic E-state index is 0.0617. The second kappa shape index (κ2) is 9.03. The number of fused-ring (bicyclic) bond motifs is 1. The van der Waals surface area contributed by atoms with E-state index in [1.165, 1.54) is 0 Å². The van der Waals surface area contributed by atoms with Gasteiger partial charge in [-0.15, -0.1) is 0 Å². The Hall–Kier alpha value is -0.960. The van der Waals surface area contributed by atoms with Crippen LogP contribution < -0.4 is 15.8 Å². The summed E-state index contributed by atoms with van der Waals surface area (Å²) in [6, 6.07) is 5.74. The van der Waals surface area contributed by atoms with E-state index < -0.39 is 15.2 Å². The lowest BCUT2D eigenvalue weighted by atomic mass is 10.0. The topological polar surface area (TPSA) is 81.4 Å². The van der Waals surface area contributed by atoms with E-state index in [1.54, 1.807) is 0 Å². The highest BCUT2D eigenvalue weighted by Crippen LogP contribution is 2.31. The number of rotatable bonds is 7. The molecule has 2 aliphatic rings. The fraction of sp³-hybridized carbons (Fsp3) is 0.421. The number of carbonyl (C=O) groups excluding carboxylic acids is 1. The van der Waals surface area contributed by atoms with Crippen molar-refractivity contribution < 1.29 is 13.7 Å². The standard InChI is InChI=1S/C19H22Br2N2O3S/c20-17-12-15(7-8-19(17,21)22)27(25)10-2-1-9-26-14-4-5-16-13(11-14)3-6-18(24)23-16/h4-5,7-8,11-12,17H,1-3,6,9-10,22H2,(H,23,24). The van der Waals surface area contributed by atoms with Gasteiger partial charge in [-0.2, -0.15) is 0 Å². The third-order valence-electron chi connectivity index (χ3n) is 4.46. The van der Waals surface area contributed by atoms with E-state index in [4.69, 9.17) is 10.5 Å². The van der Waals surface area contributed by atoms with Crippen molar-refractivity contribution in [2.24, 2.45) is 5.73 Å². The van der Waals surface area contributed by atoms with Gasteiger partial charge in [0.15, 0.2) is 0 Å². The predicted molar refractivity (Wildman–Crippen MR) is 117 cm³/mol. The molecule has 5 nitrogen and oxygen atoms in total. The second-order valence-electron chi connectivity index (χ2n) is 6.60. The van der Waals surface area contributed by atoms with Gasteiger partial charge >= 0.3 is 0 Å². The fourth-order valence-corrected chi connectivity index (χ4v) is 4.96. The maximum Gasteiger partial charge on any atom is 0.224 e. The van der Waals surface area contributed by atoms with Gasteiger partial charge in [-0.25, -0.2) is 0 Å². The van der Waals surface area contributed by atoms with Gasteiger partial charge in [0.2, 0.25) is 5.91 Å². The Labute approximate surface area is 178 Å². The molecule has 0 bridgehead atoms. The molecule has 0 spiro atoms. The van der Waals surface area contributed by atoms with Crippen molar-refractivity contribution in [3.8, 4) is 5.75 Å². The van der Waals surface area contributed by atoms with E-state index in [1.807, 2.05) is 36.4 Å². The van der Waals surface area contributed by atoms with E-state index in [2.05, 4.69) is 37.2 Å². The van der Waals surface area contributed by atoms with E-state index in [9.17, 15) is 9.00 Å². The molecule has 0 radical (unpaired) electrons. The molecule has 1 amide bonds. The number of unbranched alkanes of at least 4 members (excludes halogenated alkanes) is 1. The van der Waals surface area contributed by atoms with Crippen molar-refractivity contribution in [3.63, 3.8) is 0 Å². The molecule has 0 fully saturated rings. The van der Waals surface area contributed by atoms with E-state index in [0.29, 0.717) is 18.8 Å². The summed E-state index contributed by atoms with van der Waals surface area (Å²) in [5, 5.41) is 2.86. The molecule has 0 saturated carbocycles. The van der Waals surface area contributed by atoms with E-state index in [0.717, 1.165) is 41.2 Å². The average Bonchev–Trinajstić information content (AvgIpc) is 2.63. The Morgan fingerprint density at radius 1 is 1.33 bits per heavy atom. The number of allylic oxidation sites excluding steroid dienone is 1. The van der Waals surface area contributed by atoms with Crippen LogP contribution in [0.3, 0.4) is 0 Å². The highest BCUT2D eigenvalue weighted by molar-refractivity contribution is 9.12. The molecule has 1 aliphatic heterocycles. The number of alkyl halides is 2. The van der Waals surface area contributed by atoms with Gasteiger partial charge in [0.25, 0.3) is 0 Å². The zero-order valence-electron chi connectivity index (χ0n) is 14.8. The number of nitrogens with one attached hydrogen (secondary N) is 1. The van der Waals surface area contributed by atoms with Gasteiger partial charge in [-0.05, 0) is 49.1 Å². The summed E-state index contributed by atoms with van der Waals surface area (Å²) in [5.74, 6) is 1.46. The summed E-state index contributed by atoms with van der Waals surface area (Å²) in [5.41, 5.74) is 8.01. The number of hydrogen-bond donors (Lipinski definition) is 2. The lowest BCUT2D eigenvalue weighted by Crippen LogP contribution is -2.40. The molecule has 3 N–H and O–H groups in total. The molecule has 8 heteroatoms. The van der Waals surface area contributed by atoms with E-state index in [-0.39, 0.29) is 10.7 Å². The number of anilines is 1. The van der Waals surface area contributed by atoms with Crippen molar-refractivity contribution in [2.45, 2.75) is 35.0 Å². The first kappa shape index (κ1) is 20.8. The molecular formula is C19H22Br2N2O3S. The zero-order chi connectivity index (χ0) is 19.4. The highest BCUT2D eigenvalue weighted by atomic mass is 79.9. The smallest absolute Gasteiger partial charge is 0.224 e. The summed E-state index contributed by atoms with van der Waals surface area (Å²) in [4.78, 5) is 12.1. The number of benzene rings is 1. The molecule has 0 saturated heterocycles. The highest BCUT2D eigenvalue weighted by Gasteiger charge is 2.29. The van der Waals surface area contributed by atoms with Gasteiger partial charge in [-0.3, -0.25) is 9.00 Å². The summed E-state index contributed by atoms with van der Waals surface area (Å²) in [7, 11) is -1.04. The Morgan fingerprint density at radius 2 is 2.15 bits per heavy atom. The van der Waals surface area contributed by atoms with Gasteiger partial charge in [-0.1, -0.05) is 44.0 Å². The Kier molecular flexibility index (Phi) is 6.94. The van der Waals surface area contributed by atoms with Crippen molar-refractivity contribution in [3.05, 3.63) is 46.9 Å². The van der Waals surface area contributed by atoms with Gasteiger partial charge in [0, 0.05) is 22.8 Å². The molecule has 3 atom stereocenters. The largest absolute Gasteiger partial charge is 0.494 e. The summed E-state index contributed by atoms with van der Waals surface area (Å²) < 4.78 is 17.6. The normalized spacial score (nSPS) is 25.4. The summed E-state index contributed by atoms with van der Waals surface area (Å²) in [6.45, 7) is 0.575. The molecule has 146 valence electrons. The SMILES string of the molecule is NC1(Br)C=CC(S(=O)CCCCOc2ccc3c(c2)CCC(=O)N3)=CC1Br. The quantitative estimate of drug-likeness (QED) is 0.328. The van der Waals surface area contributed by atoms with Crippen LogP contribution in [-0.2, 0) is 22.0 Å². The van der Waals surface area contributed by atoms with Crippen molar-refractivity contribution in [2.75, 3.05) is 17.7 Å². The molecule has 3 unspecified atom stereocenters. The number of halogens is 2. The average molecular weight is 518 g/mol. The third-order valence-corrected chi connectivity index (χ3v) is 8.32. The van der Waals surface area contributed by atoms with Crippen LogP contribution in [0, 0.1) is 0 Å². The number of ether oxygens (including phenoxy) is 1. The maximum atomic E-state index is 12.4. The van der Waals surface area contributed by atoms with Crippen molar-refractivity contribution in [1.29, 1.82) is 0 Å². The van der Waals surface area contributed by atoms with Crippen LogP contribution in [0.5, 0.6) is 5.75 Å². The number of nitrogens with two attached hydrogens (primary N) is 1. The molecule has 1 aromatic carbocycles. The van der Waals surface area contributed by atoms with Crippen molar-refractivity contribution >= 4 is 54.3 Å². The van der Waals surface area contributed by atoms with Gasteiger partial charge in [0.1, 0.15) is 10.2 Å². The number of aryl methyl sites for hydroxylation is 1. The van der Waals surface area contributed by atoms with E-state index >= 15 is 0 Å². The lowest BCUT2D eigenvalue weighted by molar-refractivity contribution is -0.116. The first-order valence-electron chi connectivity index (χ1n) is 8.82. The minimum atomic E-state index is -1.04. The monoisotopic (exact) mass is 516 g/mol. The Balaban J connectivity index is 1.40. The van der Waals surface area contributed by atoms with Gasteiger partial charge in [0.05, 0.1) is 22.2 Å². The van der Waals surface area contributed by atoms with Crippen LogP contribution >= 0.6 is 31.9 Å². The summed E-state index contributed by atoms with van der Waals surface area (Å²) in [6.07, 6.45) is 8.44.